The van der Waals surface area contributed by atoms with E-state index < -0.39 is 5.91 Å². The molecule has 5 rings (SSSR count). The number of halogens is 1. The number of para-hydroxylation sites is 1. The number of amides is 2. The third kappa shape index (κ3) is 5.01. The lowest BCUT2D eigenvalue weighted by Crippen LogP contribution is -2.31. The molecule has 2 N–H and O–H groups in total. The Morgan fingerprint density at radius 1 is 1.03 bits per heavy atom. The first kappa shape index (κ1) is 24.7. The lowest BCUT2D eigenvalue weighted by atomic mass is 10.0. The largest absolute Gasteiger partial charge is 0.369 e. The van der Waals surface area contributed by atoms with E-state index in [-0.39, 0.29) is 12.3 Å². The summed E-state index contributed by atoms with van der Waals surface area (Å²) in [7, 11) is 4.10. The highest BCUT2D eigenvalue weighted by Gasteiger charge is 2.28. The average molecular weight is 514 g/mol. The van der Waals surface area contributed by atoms with Gasteiger partial charge in [0.05, 0.1) is 24.2 Å². The maximum Gasteiger partial charge on any atom is 0.260 e. The van der Waals surface area contributed by atoms with Crippen LogP contribution in [0.3, 0.4) is 0 Å². The van der Waals surface area contributed by atoms with E-state index in [1.807, 2.05) is 23.1 Å². The molecule has 0 atom stereocenters. The highest BCUT2D eigenvalue weighted by atomic mass is 35.5. The van der Waals surface area contributed by atoms with Crippen molar-refractivity contribution in [2.24, 2.45) is 5.73 Å². The van der Waals surface area contributed by atoms with Crippen LogP contribution >= 0.6 is 11.6 Å². The van der Waals surface area contributed by atoms with Gasteiger partial charge in [0.1, 0.15) is 0 Å². The number of aromatic nitrogens is 2. The predicted octanol–water partition coefficient (Wildman–Crippen LogP) is 4.50. The van der Waals surface area contributed by atoms with E-state index in [9.17, 15) is 9.59 Å². The van der Waals surface area contributed by atoms with E-state index in [2.05, 4.69) is 46.7 Å². The second-order valence-electron chi connectivity index (χ2n) is 9.51. The van der Waals surface area contributed by atoms with Crippen LogP contribution in [0.15, 0.2) is 72.9 Å². The van der Waals surface area contributed by atoms with Crippen LogP contribution in [-0.2, 0) is 30.8 Å². The number of rotatable bonds is 6. The zero-order valence-corrected chi connectivity index (χ0v) is 21.6. The maximum absolute atomic E-state index is 14.2. The number of hydrogen-bond acceptors (Lipinski definition) is 4. The monoisotopic (exact) mass is 513 g/mol. The van der Waals surface area contributed by atoms with E-state index in [0.29, 0.717) is 40.5 Å². The molecule has 37 heavy (non-hydrogen) atoms. The minimum absolute atomic E-state index is 0.00849. The Morgan fingerprint density at radius 3 is 2.62 bits per heavy atom. The molecule has 0 unspecified atom stereocenters. The van der Waals surface area contributed by atoms with Crippen molar-refractivity contribution < 1.29 is 9.59 Å². The van der Waals surface area contributed by atoms with Crippen LogP contribution in [0.2, 0.25) is 5.02 Å². The zero-order chi connectivity index (χ0) is 26.1. The van der Waals surface area contributed by atoms with Crippen molar-refractivity contribution in [3.63, 3.8) is 0 Å². The van der Waals surface area contributed by atoms with Gasteiger partial charge in [0.25, 0.3) is 5.91 Å². The highest BCUT2D eigenvalue weighted by Crippen LogP contribution is 2.33. The molecule has 2 aromatic carbocycles. The molecule has 0 radical (unpaired) electrons. The Balaban J connectivity index is 1.58. The van der Waals surface area contributed by atoms with Crippen molar-refractivity contribution in [2.45, 2.75) is 26.1 Å². The molecule has 0 saturated heterocycles. The number of anilines is 1. The van der Waals surface area contributed by atoms with Gasteiger partial charge in [-0.3, -0.25) is 14.6 Å². The summed E-state index contributed by atoms with van der Waals surface area (Å²) < 4.78 is 2.30. The SMILES string of the molecule is CN(C)Cc1ccc2n1Cc1ccccc1N(C(=O)c1cccnc1-c1ccc(Cl)c(CC(N)=O)c1)C2. The molecule has 2 amide bonds. The molecular weight excluding hydrogens is 486 g/mol. The Labute approximate surface area is 221 Å². The van der Waals surface area contributed by atoms with E-state index in [0.717, 1.165) is 23.5 Å². The maximum atomic E-state index is 14.2. The Morgan fingerprint density at radius 2 is 1.84 bits per heavy atom. The third-order valence-electron chi connectivity index (χ3n) is 6.54. The summed E-state index contributed by atoms with van der Waals surface area (Å²) in [6.07, 6.45) is 1.66. The molecule has 4 aromatic rings. The van der Waals surface area contributed by atoms with E-state index >= 15 is 0 Å². The van der Waals surface area contributed by atoms with Crippen molar-refractivity contribution in [1.29, 1.82) is 0 Å². The minimum Gasteiger partial charge on any atom is -0.369 e. The van der Waals surface area contributed by atoms with E-state index in [4.69, 9.17) is 17.3 Å². The lowest BCUT2D eigenvalue weighted by molar-refractivity contribution is -0.117. The van der Waals surface area contributed by atoms with E-state index in [1.165, 1.54) is 5.69 Å². The summed E-state index contributed by atoms with van der Waals surface area (Å²) in [5.74, 6) is -0.625. The molecule has 2 aromatic heterocycles. The van der Waals surface area contributed by atoms with Gasteiger partial charge < -0.3 is 20.1 Å². The molecule has 0 fully saturated rings. The Hall–Kier alpha value is -3.94. The van der Waals surface area contributed by atoms with Gasteiger partial charge >= 0.3 is 0 Å². The third-order valence-corrected chi connectivity index (χ3v) is 6.91. The predicted molar refractivity (Wildman–Crippen MR) is 145 cm³/mol. The van der Waals surface area contributed by atoms with Crippen LogP contribution in [0, 0.1) is 0 Å². The number of pyridine rings is 1. The number of hydrogen-bond donors (Lipinski definition) is 1. The summed E-state index contributed by atoms with van der Waals surface area (Å²) >= 11 is 6.30. The Bertz CT molecular complexity index is 1490. The quantitative estimate of drug-likeness (QED) is 0.411. The fourth-order valence-corrected chi connectivity index (χ4v) is 5.05. The number of nitrogens with zero attached hydrogens (tertiary/aromatic N) is 4. The second kappa shape index (κ2) is 10.2. The van der Waals surface area contributed by atoms with Crippen LogP contribution in [-0.4, -0.2) is 40.4 Å². The molecule has 7 nitrogen and oxygen atoms in total. The van der Waals surface area contributed by atoms with Crippen molar-refractivity contribution in [3.8, 4) is 11.3 Å². The number of fused-ring (bicyclic) bond motifs is 2. The van der Waals surface area contributed by atoms with Gasteiger partial charge in [-0.25, -0.2) is 0 Å². The molecule has 1 aliphatic heterocycles. The molecule has 0 bridgehead atoms. The molecule has 8 heteroatoms. The summed E-state index contributed by atoms with van der Waals surface area (Å²) in [5.41, 5.74) is 11.9. The van der Waals surface area contributed by atoms with Gasteiger partial charge in [0.15, 0.2) is 0 Å². The molecule has 0 saturated carbocycles. The van der Waals surface area contributed by atoms with Gasteiger partial charge in [-0.05, 0) is 67.7 Å². The lowest BCUT2D eigenvalue weighted by Gasteiger charge is -2.24. The highest BCUT2D eigenvalue weighted by molar-refractivity contribution is 6.31. The topological polar surface area (TPSA) is 84.5 Å². The van der Waals surface area contributed by atoms with Crippen molar-refractivity contribution in [1.82, 2.24) is 14.5 Å². The second-order valence-corrected chi connectivity index (χ2v) is 9.92. The van der Waals surface area contributed by atoms with Gasteiger partial charge in [0.2, 0.25) is 5.91 Å². The van der Waals surface area contributed by atoms with Crippen molar-refractivity contribution in [2.75, 3.05) is 19.0 Å². The van der Waals surface area contributed by atoms with E-state index in [1.54, 1.807) is 36.5 Å². The first-order valence-electron chi connectivity index (χ1n) is 12.1. The molecule has 0 spiro atoms. The van der Waals surface area contributed by atoms with Gasteiger partial charge in [-0.15, -0.1) is 0 Å². The number of benzene rings is 2. The van der Waals surface area contributed by atoms with Crippen LogP contribution < -0.4 is 10.6 Å². The van der Waals surface area contributed by atoms with Crippen molar-refractivity contribution >= 4 is 29.1 Å². The van der Waals surface area contributed by atoms with Crippen LogP contribution in [0.25, 0.3) is 11.3 Å². The number of primary amides is 1. The minimum atomic E-state index is -0.478. The first-order chi connectivity index (χ1) is 17.8. The fourth-order valence-electron chi connectivity index (χ4n) is 4.87. The fraction of sp³-hybridized carbons (Fsp3) is 0.207. The summed E-state index contributed by atoms with van der Waals surface area (Å²) in [5, 5.41) is 0.446. The van der Waals surface area contributed by atoms with Crippen LogP contribution in [0.5, 0.6) is 0 Å². The molecule has 3 heterocycles. The van der Waals surface area contributed by atoms with Crippen LogP contribution in [0.4, 0.5) is 5.69 Å². The van der Waals surface area contributed by atoms with Gasteiger partial charge in [-0.1, -0.05) is 35.9 Å². The number of nitrogens with two attached hydrogens (primary N) is 1. The molecule has 188 valence electrons. The zero-order valence-electron chi connectivity index (χ0n) is 20.8. The standard InChI is InChI=1S/C29H28ClN5O2/c1-33(2)17-22-10-11-23-18-35(26-8-4-3-6-20(26)16-34(22)23)29(37)24-7-5-13-32-28(24)19-9-12-25(30)21(14-19)15-27(31)36/h3-14H,15-18H2,1-2H3,(H2,31,36). The van der Waals surface area contributed by atoms with Gasteiger partial charge in [0, 0.05) is 46.9 Å². The molecular formula is C29H28ClN5O2. The smallest absolute Gasteiger partial charge is 0.260 e. The summed E-state index contributed by atoms with van der Waals surface area (Å²) in [4.78, 5) is 34.3. The van der Waals surface area contributed by atoms with Crippen molar-refractivity contribution in [3.05, 3.63) is 106 Å². The first-order valence-corrected chi connectivity index (χ1v) is 12.4. The Kier molecular flexibility index (Phi) is 6.82. The average Bonchev–Trinajstić information content (AvgIpc) is 3.14. The normalized spacial score (nSPS) is 12.7. The number of carbonyl (C=O) groups excluding carboxylic acids is 2. The molecule has 0 aliphatic carbocycles. The number of carbonyl (C=O) groups is 2. The summed E-state index contributed by atoms with van der Waals surface area (Å²) in [6, 6.07) is 21.1. The van der Waals surface area contributed by atoms with Gasteiger partial charge in [-0.2, -0.15) is 0 Å². The molecule has 1 aliphatic rings. The summed E-state index contributed by atoms with van der Waals surface area (Å²) in [6.45, 7) is 1.94. The van der Waals surface area contributed by atoms with Crippen LogP contribution in [0.1, 0.15) is 32.9 Å².